The first-order chi connectivity index (χ1) is 8.99. The second kappa shape index (κ2) is 5.16. The van der Waals surface area contributed by atoms with Gasteiger partial charge in [0.2, 0.25) is 0 Å². The van der Waals surface area contributed by atoms with Gasteiger partial charge >= 0.3 is 5.97 Å². The maximum absolute atomic E-state index is 12.4. The molecule has 1 amide bonds. The Balaban J connectivity index is 2.27. The molecule has 1 aromatic heterocycles. The van der Waals surface area contributed by atoms with E-state index in [2.05, 4.69) is 10.3 Å². The number of carboxylic acids is 1. The summed E-state index contributed by atoms with van der Waals surface area (Å²) >= 11 is 1.33. The van der Waals surface area contributed by atoms with E-state index >= 15 is 0 Å². The molecular weight excluding hydrogens is 266 g/mol. The van der Waals surface area contributed by atoms with Crippen molar-refractivity contribution in [1.29, 1.82) is 0 Å². The van der Waals surface area contributed by atoms with E-state index in [0.29, 0.717) is 23.8 Å². The number of carbonyl (C=O) groups excluding carboxylic acids is 1. The van der Waals surface area contributed by atoms with Crippen molar-refractivity contribution in [2.75, 3.05) is 18.9 Å². The molecule has 2 N–H and O–H groups in total. The lowest BCUT2D eigenvalue weighted by Crippen LogP contribution is -2.57. The lowest BCUT2D eigenvalue weighted by Gasteiger charge is -2.41. The molecule has 0 spiro atoms. The molecule has 2 heterocycles. The van der Waals surface area contributed by atoms with Crippen molar-refractivity contribution in [3.63, 3.8) is 0 Å². The summed E-state index contributed by atoms with van der Waals surface area (Å²) < 4.78 is 0. The summed E-state index contributed by atoms with van der Waals surface area (Å²) in [5, 5.41) is 14.6. The summed E-state index contributed by atoms with van der Waals surface area (Å²) in [5.41, 5.74) is -0.817. The van der Waals surface area contributed by atoms with Crippen molar-refractivity contribution < 1.29 is 14.7 Å². The predicted octanol–water partition coefficient (Wildman–Crippen LogP) is 1.65. The number of piperidine rings is 1. The van der Waals surface area contributed by atoms with Crippen molar-refractivity contribution in [2.24, 2.45) is 0 Å². The van der Waals surface area contributed by atoms with Crippen LogP contribution in [0.2, 0.25) is 0 Å². The average molecular weight is 283 g/mol. The smallest absolute Gasteiger partial charge is 0.329 e. The first-order valence-corrected chi connectivity index (χ1v) is 7.05. The molecule has 1 fully saturated rings. The van der Waals surface area contributed by atoms with Crippen molar-refractivity contribution in [3.8, 4) is 0 Å². The first-order valence-electron chi connectivity index (χ1n) is 6.17. The normalized spacial score (nSPS) is 23.2. The number of nitrogens with zero attached hydrogens (tertiary/aromatic N) is 2. The van der Waals surface area contributed by atoms with Crippen LogP contribution in [0.3, 0.4) is 0 Å². The molecule has 6 nitrogen and oxygen atoms in total. The van der Waals surface area contributed by atoms with Gasteiger partial charge in [-0.1, -0.05) is 0 Å². The molecule has 1 aromatic rings. The van der Waals surface area contributed by atoms with Crippen LogP contribution in [0.1, 0.15) is 36.7 Å². The van der Waals surface area contributed by atoms with Crippen molar-refractivity contribution in [3.05, 3.63) is 11.1 Å². The standard InChI is InChI=1S/C12H17N3O3S/c1-12(10(17)18)5-3-4-6-15(12)9(16)8-7-19-11(13-2)14-8/h7H,3-6H2,1-2H3,(H,13,14)(H,17,18). The number of thiazole rings is 1. The van der Waals surface area contributed by atoms with Crippen molar-refractivity contribution >= 4 is 28.3 Å². The minimum absolute atomic E-state index is 0.303. The Morgan fingerprint density at radius 1 is 1.53 bits per heavy atom. The van der Waals surface area contributed by atoms with E-state index in [4.69, 9.17) is 0 Å². The van der Waals surface area contributed by atoms with Gasteiger partial charge in [0.15, 0.2) is 5.13 Å². The molecule has 2 rings (SSSR count). The van der Waals surface area contributed by atoms with Crippen molar-refractivity contribution in [2.45, 2.75) is 31.7 Å². The van der Waals surface area contributed by atoms with Crippen LogP contribution in [0.5, 0.6) is 0 Å². The molecule has 104 valence electrons. The van der Waals surface area contributed by atoms with E-state index in [1.54, 1.807) is 19.4 Å². The largest absolute Gasteiger partial charge is 0.480 e. The van der Waals surface area contributed by atoms with Crippen LogP contribution in [0.4, 0.5) is 5.13 Å². The lowest BCUT2D eigenvalue weighted by atomic mass is 9.88. The highest BCUT2D eigenvalue weighted by Gasteiger charge is 2.44. The van der Waals surface area contributed by atoms with Crippen LogP contribution in [-0.4, -0.2) is 46.0 Å². The molecule has 1 saturated heterocycles. The number of carboxylic acid groups (broad SMARTS) is 1. The molecule has 1 aliphatic heterocycles. The summed E-state index contributed by atoms with van der Waals surface area (Å²) in [7, 11) is 1.73. The third-order valence-electron chi connectivity index (χ3n) is 3.53. The summed E-state index contributed by atoms with van der Waals surface area (Å²) in [6, 6.07) is 0. The Labute approximate surface area is 115 Å². The molecule has 0 aromatic carbocycles. The fraction of sp³-hybridized carbons (Fsp3) is 0.583. The Bertz CT molecular complexity index is 502. The second-order valence-electron chi connectivity index (χ2n) is 4.78. The number of anilines is 1. The Hall–Kier alpha value is -1.63. The molecule has 1 unspecified atom stereocenters. The van der Waals surface area contributed by atoms with E-state index in [0.717, 1.165) is 12.8 Å². The molecule has 1 atom stereocenters. The van der Waals surface area contributed by atoms with Gasteiger partial charge in [0.25, 0.3) is 5.91 Å². The fourth-order valence-electron chi connectivity index (χ4n) is 2.29. The van der Waals surface area contributed by atoms with Gasteiger partial charge in [0, 0.05) is 19.0 Å². The molecule has 1 aliphatic rings. The Morgan fingerprint density at radius 2 is 2.26 bits per heavy atom. The topological polar surface area (TPSA) is 82.5 Å². The quantitative estimate of drug-likeness (QED) is 0.881. The van der Waals surface area contributed by atoms with Gasteiger partial charge in [-0.05, 0) is 26.2 Å². The highest BCUT2D eigenvalue weighted by Crippen LogP contribution is 2.30. The van der Waals surface area contributed by atoms with Crippen LogP contribution < -0.4 is 5.32 Å². The third-order valence-corrected chi connectivity index (χ3v) is 4.39. The fourth-order valence-corrected chi connectivity index (χ4v) is 2.94. The van der Waals surface area contributed by atoms with Gasteiger partial charge < -0.3 is 15.3 Å². The molecule has 0 bridgehead atoms. The number of nitrogens with one attached hydrogen (secondary N) is 1. The van der Waals surface area contributed by atoms with Crippen LogP contribution in [-0.2, 0) is 4.79 Å². The molecule has 7 heteroatoms. The second-order valence-corrected chi connectivity index (χ2v) is 5.64. The maximum atomic E-state index is 12.4. The molecule has 0 saturated carbocycles. The zero-order valence-electron chi connectivity index (χ0n) is 11.0. The van der Waals surface area contributed by atoms with E-state index in [1.807, 2.05) is 0 Å². The summed E-state index contributed by atoms with van der Waals surface area (Å²) in [6.07, 6.45) is 2.14. The number of hydrogen-bond donors (Lipinski definition) is 2. The number of aromatic nitrogens is 1. The lowest BCUT2D eigenvalue weighted by molar-refractivity contribution is -0.150. The highest BCUT2D eigenvalue weighted by atomic mass is 32.1. The molecule has 0 radical (unpaired) electrons. The van der Waals surface area contributed by atoms with Crippen LogP contribution in [0.25, 0.3) is 0 Å². The number of carbonyl (C=O) groups is 2. The number of likely N-dealkylation sites (tertiary alicyclic amines) is 1. The Kier molecular flexibility index (Phi) is 3.75. The van der Waals surface area contributed by atoms with Crippen LogP contribution >= 0.6 is 11.3 Å². The monoisotopic (exact) mass is 283 g/mol. The average Bonchev–Trinajstić information content (AvgIpc) is 2.87. The number of aliphatic carboxylic acids is 1. The van der Waals surface area contributed by atoms with E-state index in [9.17, 15) is 14.7 Å². The van der Waals surface area contributed by atoms with E-state index in [1.165, 1.54) is 16.2 Å². The number of amides is 1. The Morgan fingerprint density at radius 3 is 2.84 bits per heavy atom. The van der Waals surface area contributed by atoms with Crippen LogP contribution in [0.15, 0.2) is 5.38 Å². The van der Waals surface area contributed by atoms with Gasteiger partial charge in [-0.3, -0.25) is 4.79 Å². The third kappa shape index (κ3) is 2.42. The van der Waals surface area contributed by atoms with Gasteiger partial charge in [0.1, 0.15) is 11.2 Å². The molecule has 0 aliphatic carbocycles. The van der Waals surface area contributed by atoms with Crippen molar-refractivity contribution in [1.82, 2.24) is 9.88 Å². The minimum atomic E-state index is -1.13. The minimum Gasteiger partial charge on any atom is -0.480 e. The highest BCUT2D eigenvalue weighted by molar-refractivity contribution is 7.13. The van der Waals surface area contributed by atoms with Crippen LogP contribution in [0, 0.1) is 0 Å². The first kappa shape index (κ1) is 13.8. The number of rotatable bonds is 3. The van der Waals surface area contributed by atoms with Gasteiger partial charge in [0.05, 0.1) is 0 Å². The molecular formula is C12H17N3O3S. The zero-order valence-corrected chi connectivity index (χ0v) is 11.8. The SMILES string of the molecule is CNc1nc(C(=O)N2CCCCC2(C)C(=O)O)cs1. The summed E-state index contributed by atoms with van der Waals surface area (Å²) in [4.78, 5) is 29.5. The summed E-state index contributed by atoms with van der Waals surface area (Å²) in [5.74, 6) is -1.26. The zero-order chi connectivity index (χ0) is 14.0. The van der Waals surface area contributed by atoms with Gasteiger partial charge in [-0.15, -0.1) is 11.3 Å². The summed E-state index contributed by atoms with van der Waals surface area (Å²) in [6.45, 7) is 2.08. The molecule has 19 heavy (non-hydrogen) atoms. The predicted molar refractivity (Wildman–Crippen MR) is 72.6 cm³/mol. The van der Waals surface area contributed by atoms with Gasteiger partial charge in [-0.2, -0.15) is 0 Å². The van der Waals surface area contributed by atoms with Gasteiger partial charge in [-0.25, -0.2) is 9.78 Å². The van der Waals surface area contributed by atoms with E-state index < -0.39 is 11.5 Å². The van der Waals surface area contributed by atoms with E-state index in [-0.39, 0.29) is 5.91 Å². The number of hydrogen-bond acceptors (Lipinski definition) is 5. The maximum Gasteiger partial charge on any atom is 0.329 e.